The SMILES string of the molecule is CC(C(=O)NC1CCCC1)N(Cc1ccc(Br)cc1)C(=O)CN(c1ccc(Oc2ccccc2)cc1)S(C)(=O)=O. The molecule has 4 rings (SSSR count). The minimum atomic E-state index is -3.82. The summed E-state index contributed by atoms with van der Waals surface area (Å²) in [5, 5.41) is 3.06. The van der Waals surface area contributed by atoms with Gasteiger partial charge in [-0.05, 0) is 73.9 Å². The third-order valence-corrected chi connectivity index (χ3v) is 8.59. The Hall–Kier alpha value is -3.37. The van der Waals surface area contributed by atoms with Crippen LogP contribution in [0.4, 0.5) is 5.69 Å². The summed E-state index contributed by atoms with van der Waals surface area (Å²) in [6.45, 7) is 1.39. The zero-order valence-electron chi connectivity index (χ0n) is 22.6. The normalized spacial score (nSPS) is 14.4. The molecule has 1 atom stereocenters. The molecule has 1 fully saturated rings. The molecule has 1 unspecified atom stereocenters. The predicted octanol–water partition coefficient (Wildman–Crippen LogP) is 5.48. The van der Waals surface area contributed by atoms with Crippen LogP contribution in [0.5, 0.6) is 11.5 Å². The van der Waals surface area contributed by atoms with Gasteiger partial charge in [0, 0.05) is 17.1 Å². The molecule has 3 aromatic carbocycles. The van der Waals surface area contributed by atoms with E-state index in [1.165, 1.54) is 4.90 Å². The van der Waals surface area contributed by atoms with Gasteiger partial charge in [-0.25, -0.2) is 8.42 Å². The quantitative estimate of drug-likeness (QED) is 0.303. The fourth-order valence-corrected chi connectivity index (χ4v) is 5.79. The van der Waals surface area contributed by atoms with Crippen molar-refractivity contribution in [3.05, 3.63) is 88.9 Å². The van der Waals surface area contributed by atoms with E-state index < -0.39 is 28.5 Å². The highest BCUT2D eigenvalue weighted by atomic mass is 79.9. The summed E-state index contributed by atoms with van der Waals surface area (Å²) in [5.41, 5.74) is 1.15. The number of rotatable bonds is 11. The third-order valence-electron chi connectivity index (χ3n) is 6.92. The van der Waals surface area contributed by atoms with E-state index in [4.69, 9.17) is 4.74 Å². The Bertz CT molecular complexity index is 1390. The number of carbonyl (C=O) groups is 2. The number of sulfonamides is 1. The first-order valence-corrected chi connectivity index (χ1v) is 15.9. The largest absolute Gasteiger partial charge is 0.457 e. The highest BCUT2D eigenvalue weighted by Crippen LogP contribution is 2.26. The Labute approximate surface area is 244 Å². The number of nitrogens with one attached hydrogen (secondary N) is 1. The number of benzene rings is 3. The van der Waals surface area contributed by atoms with Gasteiger partial charge in [0.25, 0.3) is 0 Å². The summed E-state index contributed by atoms with van der Waals surface area (Å²) in [7, 11) is -3.82. The third kappa shape index (κ3) is 8.08. The van der Waals surface area contributed by atoms with E-state index in [9.17, 15) is 18.0 Å². The van der Waals surface area contributed by atoms with Gasteiger partial charge >= 0.3 is 0 Å². The van der Waals surface area contributed by atoms with Crippen molar-refractivity contribution in [2.75, 3.05) is 17.1 Å². The Morgan fingerprint density at radius 1 is 0.950 bits per heavy atom. The Morgan fingerprint density at radius 2 is 1.55 bits per heavy atom. The van der Waals surface area contributed by atoms with E-state index in [0.29, 0.717) is 17.2 Å². The molecule has 1 aliphatic carbocycles. The number of para-hydroxylation sites is 1. The lowest BCUT2D eigenvalue weighted by molar-refractivity contribution is -0.139. The number of carbonyl (C=O) groups excluding carboxylic acids is 2. The summed E-state index contributed by atoms with van der Waals surface area (Å²) < 4.78 is 33.4. The van der Waals surface area contributed by atoms with Gasteiger partial charge in [0.2, 0.25) is 21.8 Å². The first-order chi connectivity index (χ1) is 19.1. The van der Waals surface area contributed by atoms with Crippen LogP contribution >= 0.6 is 15.9 Å². The number of anilines is 1. The summed E-state index contributed by atoms with van der Waals surface area (Å²) in [4.78, 5) is 28.4. The molecule has 8 nitrogen and oxygen atoms in total. The van der Waals surface area contributed by atoms with Gasteiger partial charge in [-0.1, -0.05) is 59.1 Å². The van der Waals surface area contributed by atoms with E-state index in [-0.39, 0.29) is 18.5 Å². The van der Waals surface area contributed by atoms with Crippen LogP contribution < -0.4 is 14.4 Å². The lowest BCUT2D eigenvalue weighted by atomic mass is 10.1. The highest BCUT2D eigenvalue weighted by Gasteiger charge is 2.31. The van der Waals surface area contributed by atoms with Crippen molar-refractivity contribution in [3.8, 4) is 11.5 Å². The average molecular weight is 629 g/mol. The van der Waals surface area contributed by atoms with Gasteiger partial charge in [-0.2, -0.15) is 0 Å². The monoisotopic (exact) mass is 627 g/mol. The summed E-state index contributed by atoms with van der Waals surface area (Å²) >= 11 is 3.42. The lowest BCUT2D eigenvalue weighted by Gasteiger charge is -2.32. The van der Waals surface area contributed by atoms with Crippen molar-refractivity contribution in [2.45, 2.75) is 51.2 Å². The summed E-state index contributed by atoms with van der Waals surface area (Å²) in [5.74, 6) is 0.459. The molecule has 0 aromatic heterocycles. The topological polar surface area (TPSA) is 96.0 Å². The van der Waals surface area contributed by atoms with Crippen molar-refractivity contribution in [1.29, 1.82) is 0 Å². The molecule has 0 spiro atoms. The molecule has 0 saturated heterocycles. The molecule has 0 aliphatic heterocycles. The molecule has 0 bridgehead atoms. The van der Waals surface area contributed by atoms with Crippen LogP contribution in [0.3, 0.4) is 0 Å². The number of halogens is 1. The van der Waals surface area contributed by atoms with Crippen LogP contribution in [0.1, 0.15) is 38.2 Å². The second kappa shape index (κ2) is 13.3. The smallest absolute Gasteiger partial charge is 0.244 e. The zero-order chi connectivity index (χ0) is 28.7. The number of hydrogen-bond acceptors (Lipinski definition) is 5. The first kappa shape index (κ1) is 29.6. The maximum atomic E-state index is 13.7. The zero-order valence-corrected chi connectivity index (χ0v) is 25.0. The molecule has 3 aromatic rings. The molecule has 1 saturated carbocycles. The Kier molecular flexibility index (Phi) is 9.86. The number of hydrogen-bond donors (Lipinski definition) is 1. The molecular weight excluding hydrogens is 594 g/mol. The fourth-order valence-electron chi connectivity index (χ4n) is 4.68. The second-order valence-electron chi connectivity index (χ2n) is 9.99. The van der Waals surface area contributed by atoms with Crippen LogP contribution in [-0.2, 0) is 26.2 Å². The van der Waals surface area contributed by atoms with Crippen LogP contribution in [0.15, 0.2) is 83.3 Å². The van der Waals surface area contributed by atoms with E-state index in [1.807, 2.05) is 54.6 Å². The molecule has 1 aliphatic rings. The standard InChI is InChI=1S/C30H34BrN3O5S/c1-22(30(36)32-25-8-6-7-9-25)33(20-23-12-14-24(31)15-13-23)29(35)21-34(40(2,37)38)26-16-18-28(19-17-26)39-27-10-4-3-5-11-27/h3-5,10-19,22,25H,6-9,20-21H2,1-2H3,(H,32,36). The van der Waals surface area contributed by atoms with E-state index in [1.54, 1.807) is 31.2 Å². The maximum Gasteiger partial charge on any atom is 0.244 e. The number of amides is 2. The molecule has 0 heterocycles. The molecule has 0 radical (unpaired) electrons. The lowest BCUT2D eigenvalue weighted by Crippen LogP contribution is -2.52. The molecule has 10 heteroatoms. The van der Waals surface area contributed by atoms with Crippen LogP contribution in [-0.4, -0.2) is 50.0 Å². The summed E-state index contributed by atoms with van der Waals surface area (Å²) in [6.07, 6.45) is 5.04. The van der Waals surface area contributed by atoms with Crippen molar-refractivity contribution in [3.63, 3.8) is 0 Å². The number of nitrogens with zero attached hydrogens (tertiary/aromatic N) is 2. The first-order valence-electron chi connectivity index (χ1n) is 13.2. The molecule has 40 heavy (non-hydrogen) atoms. The Balaban J connectivity index is 1.55. The van der Waals surface area contributed by atoms with Crippen LogP contribution in [0.25, 0.3) is 0 Å². The van der Waals surface area contributed by atoms with Gasteiger partial charge in [-0.3, -0.25) is 13.9 Å². The molecule has 2 amide bonds. The summed E-state index contributed by atoms with van der Waals surface area (Å²) in [6, 6.07) is 22.5. The van der Waals surface area contributed by atoms with Gasteiger partial charge in [0.15, 0.2) is 0 Å². The van der Waals surface area contributed by atoms with Gasteiger partial charge in [-0.15, -0.1) is 0 Å². The molecule has 212 valence electrons. The fraction of sp³-hybridized carbons (Fsp3) is 0.333. The van der Waals surface area contributed by atoms with Crippen LogP contribution in [0.2, 0.25) is 0 Å². The van der Waals surface area contributed by atoms with E-state index in [0.717, 1.165) is 46.3 Å². The van der Waals surface area contributed by atoms with Crippen molar-refractivity contribution in [2.24, 2.45) is 0 Å². The maximum absolute atomic E-state index is 13.7. The second-order valence-corrected chi connectivity index (χ2v) is 12.8. The van der Waals surface area contributed by atoms with Gasteiger partial charge in [0.05, 0.1) is 11.9 Å². The van der Waals surface area contributed by atoms with E-state index in [2.05, 4.69) is 21.2 Å². The van der Waals surface area contributed by atoms with Crippen LogP contribution in [0, 0.1) is 0 Å². The average Bonchev–Trinajstić information content (AvgIpc) is 3.44. The van der Waals surface area contributed by atoms with Gasteiger partial charge < -0.3 is 15.0 Å². The van der Waals surface area contributed by atoms with Gasteiger partial charge in [0.1, 0.15) is 24.1 Å². The minimum absolute atomic E-state index is 0.101. The van der Waals surface area contributed by atoms with Crippen molar-refractivity contribution >= 4 is 43.5 Å². The molecular formula is C30H34BrN3O5S. The van der Waals surface area contributed by atoms with Crippen molar-refractivity contribution in [1.82, 2.24) is 10.2 Å². The van der Waals surface area contributed by atoms with Crippen molar-refractivity contribution < 1.29 is 22.7 Å². The Morgan fingerprint density at radius 3 is 2.15 bits per heavy atom. The predicted molar refractivity (Wildman–Crippen MR) is 160 cm³/mol. The van der Waals surface area contributed by atoms with E-state index >= 15 is 0 Å². The molecule has 1 N–H and O–H groups in total. The minimum Gasteiger partial charge on any atom is -0.457 e. The highest BCUT2D eigenvalue weighted by molar-refractivity contribution is 9.10. The number of ether oxygens (including phenoxy) is 1.